The summed E-state index contributed by atoms with van der Waals surface area (Å²) >= 11 is 5.59. The van der Waals surface area contributed by atoms with E-state index < -0.39 is 0 Å². The molecular formula is C85H50OS3. The molecule has 0 bridgehead atoms. The minimum absolute atomic E-state index is 0.883. The average molecular weight is 1180 g/mol. The molecule has 0 saturated heterocycles. The van der Waals surface area contributed by atoms with E-state index >= 15 is 0 Å². The van der Waals surface area contributed by atoms with Crippen LogP contribution in [0.25, 0.3) is 205 Å². The third-order valence-corrected chi connectivity index (χ3v) is 22.3. The normalized spacial score (nSPS) is 12.3. The molecule has 19 rings (SSSR count). The van der Waals surface area contributed by atoms with Gasteiger partial charge in [-0.3, -0.25) is 0 Å². The molecule has 0 amide bonds. The molecule has 19 aromatic rings. The van der Waals surface area contributed by atoms with Crippen molar-refractivity contribution in [1.29, 1.82) is 0 Å². The lowest BCUT2D eigenvalue weighted by molar-refractivity contribution is 0.669. The Balaban J connectivity index is 0.700. The van der Waals surface area contributed by atoms with Gasteiger partial charge in [0.05, 0.1) is 0 Å². The second kappa shape index (κ2) is 19.5. The van der Waals surface area contributed by atoms with Crippen LogP contribution in [0.3, 0.4) is 0 Å². The van der Waals surface area contributed by atoms with Crippen molar-refractivity contribution in [2.75, 3.05) is 0 Å². The van der Waals surface area contributed by atoms with E-state index in [4.69, 9.17) is 4.42 Å². The van der Waals surface area contributed by atoms with Gasteiger partial charge < -0.3 is 4.42 Å². The van der Waals surface area contributed by atoms with Crippen molar-refractivity contribution in [2.45, 2.75) is 6.92 Å². The fraction of sp³-hybridized carbons (Fsp3) is 0.0118. The summed E-state index contributed by atoms with van der Waals surface area (Å²) < 4.78 is 13.3. The summed E-state index contributed by atoms with van der Waals surface area (Å²) in [5, 5.41) is 23.6. The molecule has 0 N–H and O–H groups in total. The average Bonchev–Trinajstić information content (AvgIpc) is 2.10. The quantitative estimate of drug-likeness (QED) is 0.145. The third kappa shape index (κ3) is 7.65. The first-order chi connectivity index (χ1) is 44.0. The van der Waals surface area contributed by atoms with E-state index in [2.05, 4.69) is 280 Å². The summed E-state index contributed by atoms with van der Waals surface area (Å²) in [6.07, 6.45) is 6.32. The highest BCUT2D eigenvalue weighted by Crippen LogP contribution is 2.50. The van der Waals surface area contributed by atoms with Crippen LogP contribution in [0.15, 0.2) is 272 Å². The van der Waals surface area contributed by atoms with Crippen LogP contribution in [0.4, 0.5) is 0 Å². The Hall–Kier alpha value is -10.5. The molecule has 0 radical (unpaired) electrons. The summed E-state index contributed by atoms with van der Waals surface area (Å²) in [4.78, 5) is 1.24. The first-order valence-electron chi connectivity index (χ1n) is 30.4. The Kier molecular flexibility index (Phi) is 11.1. The molecule has 1 nitrogen and oxygen atoms in total. The molecule has 0 spiro atoms. The van der Waals surface area contributed by atoms with Crippen LogP contribution >= 0.6 is 34.0 Å². The van der Waals surface area contributed by atoms with E-state index in [1.54, 1.807) is 0 Å². The van der Waals surface area contributed by atoms with Crippen molar-refractivity contribution in [3.8, 4) is 55.6 Å². The van der Waals surface area contributed by atoms with Crippen molar-refractivity contribution in [1.82, 2.24) is 0 Å². The maximum Gasteiger partial charge on any atom is 0.136 e. The van der Waals surface area contributed by atoms with Gasteiger partial charge in [-0.2, -0.15) is 0 Å². The molecule has 0 aliphatic carbocycles. The fourth-order valence-electron chi connectivity index (χ4n) is 15.0. The SMILES string of the molecule is C=Cc1c(/C=C\C)sc2ccc(-c3c4ccccc4c(-c4ccc5sc6cc7c(-c8ccc9c(c8)oc8ccc(-c%10c%11ccccc%11c(-c%11ccc%12sc%13cc%14ccccc%14cc%13c%12c%11)c%11ccccc%10%11)cc89)cccc7cc6c5c4)c4ccccc34)cc12. The molecular weight excluding hydrogens is 1130 g/mol. The second-order valence-corrected chi connectivity index (χ2v) is 26.9. The Labute approximate surface area is 524 Å². The topological polar surface area (TPSA) is 13.1 Å². The molecule has 0 fully saturated rings. The number of rotatable bonds is 7. The van der Waals surface area contributed by atoms with Gasteiger partial charge in [-0.1, -0.05) is 189 Å². The van der Waals surface area contributed by atoms with E-state index in [0.717, 1.165) is 27.5 Å². The Morgan fingerprint density at radius 2 is 0.719 bits per heavy atom. The highest BCUT2D eigenvalue weighted by Gasteiger charge is 2.23. The summed E-state index contributed by atoms with van der Waals surface area (Å²) in [5.74, 6) is 0. The number of hydrogen-bond donors (Lipinski definition) is 0. The number of allylic oxidation sites excluding steroid dienone is 1. The Morgan fingerprint density at radius 1 is 0.292 bits per heavy atom. The van der Waals surface area contributed by atoms with E-state index in [1.807, 2.05) is 40.1 Å². The molecule has 4 aromatic heterocycles. The van der Waals surface area contributed by atoms with Crippen LogP contribution in [-0.4, -0.2) is 0 Å². The largest absolute Gasteiger partial charge is 0.456 e. The highest BCUT2D eigenvalue weighted by atomic mass is 32.1. The lowest BCUT2D eigenvalue weighted by Gasteiger charge is -2.18. The molecule has 0 aliphatic rings. The number of furan rings is 1. The van der Waals surface area contributed by atoms with Crippen molar-refractivity contribution < 1.29 is 4.42 Å². The zero-order chi connectivity index (χ0) is 58.6. The molecule has 0 saturated carbocycles. The summed E-state index contributed by atoms with van der Waals surface area (Å²) in [6.45, 7) is 6.31. The van der Waals surface area contributed by atoms with Crippen molar-refractivity contribution in [3.05, 3.63) is 278 Å². The first kappa shape index (κ1) is 50.7. The monoisotopic (exact) mass is 1180 g/mol. The van der Waals surface area contributed by atoms with Gasteiger partial charge in [-0.05, 0) is 224 Å². The first-order valence-corrected chi connectivity index (χ1v) is 32.9. The minimum Gasteiger partial charge on any atom is -0.456 e. The van der Waals surface area contributed by atoms with Gasteiger partial charge in [0.25, 0.3) is 0 Å². The molecule has 0 unspecified atom stereocenters. The Morgan fingerprint density at radius 3 is 1.25 bits per heavy atom. The maximum absolute atomic E-state index is 6.82. The van der Waals surface area contributed by atoms with Crippen LogP contribution in [0, 0.1) is 0 Å². The third-order valence-electron chi connectivity index (χ3n) is 18.9. The molecule has 89 heavy (non-hydrogen) atoms. The zero-order valence-electron chi connectivity index (χ0n) is 48.3. The molecule has 414 valence electrons. The van der Waals surface area contributed by atoms with Crippen LogP contribution in [0.5, 0.6) is 0 Å². The maximum atomic E-state index is 6.82. The van der Waals surface area contributed by atoms with Gasteiger partial charge in [0.15, 0.2) is 0 Å². The van der Waals surface area contributed by atoms with Crippen molar-refractivity contribution >= 4 is 183 Å². The van der Waals surface area contributed by atoms with E-state index in [9.17, 15) is 0 Å². The van der Waals surface area contributed by atoms with Crippen LogP contribution < -0.4 is 0 Å². The van der Waals surface area contributed by atoms with Gasteiger partial charge in [0.1, 0.15) is 11.2 Å². The van der Waals surface area contributed by atoms with E-state index in [-0.39, 0.29) is 0 Å². The summed E-state index contributed by atoms with van der Waals surface area (Å²) in [6, 6.07) is 95.8. The van der Waals surface area contributed by atoms with Crippen LogP contribution in [0.1, 0.15) is 17.4 Å². The van der Waals surface area contributed by atoms with Gasteiger partial charge in [-0.15, -0.1) is 34.0 Å². The van der Waals surface area contributed by atoms with Crippen molar-refractivity contribution in [2.24, 2.45) is 0 Å². The number of benzene rings is 15. The highest BCUT2D eigenvalue weighted by molar-refractivity contribution is 7.26. The van der Waals surface area contributed by atoms with Crippen molar-refractivity contribution in [3.63, 3.8) is 0 Å². The van der Waals surface area contributed by atoms with Gasteiger partial charge >= 0.3 is 0 Å². The fourth-order valence-corrected chi connectivity index (χ4v) is 18.3. The lowest BCUT2D eigenvalue weighted by Crippen LogP contribution is -1.90. The molecule has 15 aromatic carbocycles. The van der Waals surface area contributed by atoms with Gasteiger partial charge in [-0.25, -0.2) is 0 Å². The summed E-state index contributed by atoms with van der Waals surface area (Å²) in [7, 11) is 0. The Bertz CT molecular complexity index is 6220. The van der Waals surface area contributed by atoms with Gasteiger partial charge in [0, 0.05) is 66.1 Å². The molecule has 4 heterocycles. The van der Waals surface area contributed by atoms with E-state index in [0.29, 0.717) is 0 Å². The second-order valence-electron chi connectivity index (χ2n) is 23.7. The predicted molar refractivity (Wildman–Crippen MR) is 392 cm³/mol. The standard InChI is InChI=1S/C85H50OS3/c1-3-16-76-56(4-2)69-42-53(31-36-77(69)87-76)83-63-24-11-13-26-65(63)85(66-27-14-12-25-64(66)83)55-33-38-79-71(44-55)73-40-50-19-15-28-57(67(50)47-81(73)89-79)51-29-34-58-68-41-52(30-35-74(68)86-75(58)45-51)82-59-20-7-9-22-61(59)84(62-23-10-8-21-60(62)82)54-32-37-78-70(43-54)72-39-48-17-5-6-18-49(48)46-80(72)88-78/h3-47H,2H2,1H3/b16-3-. The zero-order valence-corrected chi connectivity index (χ0v) is 50.8. The summed E-state index contributed by atoms with van der Waals surface area (Å²) in [5.41, 5.74) is 15.2. The molecule has 0 atom stereocenters. The molecule has 4 heteroatoms. The smallest absolute Gasteiger partial charge is 0.136 e. The van der Waals surface area contributed by atoms with Gasteiger partial charge in [0.2, 0.25) is 0 Å². The predicted octanol–water partition coefficient (Wildman–Crippen LogP) is 26.5. The number of thiophene rings is 3. The van der Waals surface area contributed by atoms with Crippen LogP contribution in [-0.2, 0) is 0 Å². The minimum atomic E-state index is 0.883. The number of hydrogen-bond acceptors (Lipinski definition) is 4. The van der Waals surface area contributed by atoms with E-state index in [1.165, 1.54) is 176 Å². The number of fused-ring (bicyclic) bond motifs is 16. The lowest BCUT2D eigenvalue weighted by atomic mass is 9.85. The van der Waals surface area contributed by atoms with Crippen LogP contribution in [0.2, 0.25) is 0 Å². The molecule has 0 aliphatic heterocycles.